The molecule has 4 rings (SSSR count). The molecule has 0 saturated heterocycles. The second kappa shape index (κ2) is 8.34. The molecule has 1 heterocycles. The van der Waals surface area contributed by atoms with Crippen LogP contribution >= 0.6 is 0 Å². The zero-order valence-corrected chi connectivity index (χ0v) is 19.9. The summed E-state index contributed by atoms with van der Waals surface area (Å²) >= 11 is 0. The van der Waals surface area contributed by atoms with Crippen molar-refractivity contribution in [2.75, 3.05) is 0 Å². The van der Waals surface area contributed by atoms with Crippen molar-refractivity contribution >= 4 is 38.7 Å². The molecular weight excluding hydrogens is 458 g/mol. The number of carbonyl (C=O) groups excluding carboxylic acids is 3. The van der Waals surface area contributed by atoms with Crippen LogP contribution in [0.5, 0.6) is 5.75 Å². The summed E-state index contributed by atoms with van der Waals surface area (Å²) in [6.07, 6.45) is 0.544. The number of imide groups is 1. The molecule has 0 bridgehead atoms. The monoisotopic (exact) mass is 481 g/mol. The lowest BCUT2D eigenvalue weighted by Gasteiger charge is -2.26. The van der Waals surface area contributed by atoms with Gasteiger partial charge in [-0.3, -0.25) is 14.4 Å². The maximum absolute atomic E-state index is 13.2. The maximum Gasteiger partial charge on any atom is 0.318 e. The summed E-state index contributed by atoms with van der Waals surface area (Å²) in [5, 5.41) is 1.06. The second-order valence-electron chi connectivity index (χ2n) is 8.75. The van der Waals surface area contributed by atoms with Crippen molar-refractivity contribution in [3.63, 3.8) is 0 Å². The highest BCUT2D eigenvalue weighted by Crippen LogP contribution is 2.35. The molecule has 3 aromatic rings. The lowest BCUT2D eigenvalue weighted by Crippen LogP contribution is -2.41. The van der Waals surface area contributed by atoms with Crippen LogP contribution in [0.1, 0.15) is 53.5 Å². The standard InChI is InChI=1S/C25H23NO7S/c1-5-25(3,4)24(29)32-17-13-16-7-6-8-19-21(16)20(14-17)23(28)26(22(19)27)33-34(30,31)18-11-9-15(2)10-12-18/h6-14H,5H2,1-4H3. The van der Waals surface area contributed by atoms with Gasteiger partial charge in [0, 0.05) is 5.39 Å². The highest BCUT2D eigenvalue weighted by atomic mass is 32.2. The van der Waals surface area contributed by atoms with E-state index in [0.29, 0.717) is 17.2 Å². The number of hydrogen-bond donors (Lipinski definition) is 0. The molecule has 3 aromatic carbocycles. The first-order chi connectivity index (χ1) is 15.9. The van der Waals surface area contributed by atoms with E-state index in [1.165, 1.54) is 24.3 Å². The SMILES string of the molecule is CCC(C)(C)C(=O)Oc1cc2c3c(cccc3c1)C(=O)N(OS(=O)(=O)c1ccc(C)cc1)C2=O. The Morgan fingerprint density at radius 2 is 1.62 bits per heavy atom. The van der Waals surface area contributed by atoms with Crippen LogP contribution in [-0.2, 0) is 19.2 Å². The van der Waals surface area contributed by atoms with Crippen molar-refractivity contribution in [3.8, 4) is 5.75 Å². The van der Waals surface area contributed by atoms with Crippen LogP contribution in [0.25, 0.3) is 10.8 Å². The van der Waals surface area contributed by atoms with Gasteiger partial charge in [-0.05, 0) is 62.9 Å². The summed E-state index contributed by atoms with van der Waals surface area (Å²) in [6, 6.07) is 13.4. The molecule has 0 fully saturated rings. The molecule has 0 aliphatic carbocycles. The minimum atomic E-state index is -4.47. The van der Waals surface area contributed by atoms with E-state index >= 15 is 0 Å². The number of nitrogens with zero attached hydrogens (tertiary/aromatic N) is 1. The van der Waals surface area contributed by atoms with Gasteiger partial charge in [0.05, 0.1) is 21.4 Å². The lowest BCUT2D eigenvalue weighted by atomic mass is 9.90. The summed E-state index contributed by atoms with van der Waals surface area (Å²) in [6.45, 7) is 7.14. The van der Waals surface area contributed by atoms with Gasteiger partial charge in [0.15, 0.2) is 0 Å². The number of aryl methyl sites for hydroxylation is 1. The molecule has 0 spiro atoms. The number of carbonyl (C=O) groups is 3. The Hall–Kier alpha value is -3.56. The predicted molar refractivity (Wildman–Crippen MR) is 124 cm³/mol. The third kappa shape index (κ3) is 4.08. The quantitative estimate of drug-likeness (QED) is 0.292. The van der Waals surface area contributed by atoms with E-state index in [1.54, 1.807) is 51.1 Å². The highest BCUT2D eigenvalue weighted by Gasteiger charge is 2.38. The Bertz CT molecular complexity index is 1440. The van der Waals surface area contributed by atoms with Crippen LogP contribution in [0, 0.1) is 12.3 Å². The Morgan fingerprint density at radius 3 is 2.26 bits per heavy atom. The van der Waals surface area contributed by atoms with Crippen LogP contribution in [0.4, 0.5) is 0 Å². The molecule has 2 amide bonds. The first-order valence-electron chi connectivity index (χ1n) is 10.6. The average molecular weight is 482 g/mol. The van der Waals surface area contributed by atoms with E-state index in [4.69, 9.17) is 9.02 Å². The summed E-state index contributed by atoms with van der Waals surface area (Å²) in [4.78, 5) is 38.7. The van der Waals surface area contributed by atoms with Crippen molar-refractivity contribution < 1.29 is 31.8 Å². The van der Waals surface area contributed by atoms with Crippen molar-refractivity contribution in [1.29, 1.82) is 0 Å². The fraction of sp³-hybridized carbons (Fsp3) is 0.240. The predicted octanol–water partition coefficient (Wildman–Crippen LogP) is 4.41. The number of hydrogen-bond acceptors (Lipinski definition) is 7. The molecule has 0 radical (unpaired) electrons. The van der Waals surface area contributed by atoms with Crippen LogP contribution in [0.3, 0.4) is 0 Å². The van der Waals surface area contributed by atoms with E-state index in [0.717, 1.165) is 5.56 Å². The average Bonchev–Trinajstić information content (AvgIpc) is 2.80. The van der Waals surface area contributed by atoms with Gasteiger partial charge in [-0.25, -0.2) is 0 Å². The molecule has 0 saturated carbocycles. The van der Waals surface area contributed by atoms with Crippen LogP contribution in [0.15, 0.2) is 59.5 Å². The topological polar surface area (TPSA) is 107 Å². The van der Waals surface area contributed by atoms with E-state index in [9.17, 15) is 22.8 Å². The summed E-state index contributed by atoms with van der Waals surface area (Å²) in [5.74, 6) is -2.25. The van der Waals surface area contributed by atoms with Gasteiger partial charge in [-0.1, -0.05) is 36.8 Å². The number of benzene rings is 3. The summed E-state index contributed by atoms with van der Waals surface area (Å²) in [5.41, 5.74) is 0.172. The first kappa shape index (κ1) is 23.6. The zero-order valence-electron chi connectivity index (χ0n) is 19.1. The van der Waals surface area contributed by atoms with Crippen LogP contribution < -0.4 is 4.74 Å². The van der Waals surface area contributed by atoms with Crippen molar-refractivity contribution in [3.05, 3.63) is 71.3 Å². The Kier molecular flexibility index (Phi) is 5.79. The van der Waals surface area contributed by atoms with Crippen LogP contribution in [0.2, 0.25) is 0 Å². The molecule has 0 atom stereocenters. The largest absolute Gasteiger partial charge is 0.426 e. The number of rotatable bonds is 6. The van der Waals surface area contributed by atoms with Gasteiger partial charge in [-0.15, -0.1) is 9.35 Å². The number of esters is 1. The van der Waals surface area contributed by atoms with Gasteiger partial charge < -0.3 is 4.74 Å². The molecule has 0 N–H and O–H groups in total. The third-order valence-corrected chi connectivity index (χ3v) is 7.10. The fourth-order valence-corrected chi connectivity index (χ4v) is 4.31. The first-order valence-corrected chi connectivity index (χ1v) is 12.0. The fourth-order valence-electron chi connectivity index (χ4n) is 3.42. The van der Waals surface area contributed by atoms with E-state index < -0.39 is 33.3 Å². The van der Waals surface area contributed by atoms with Crippen molar-refractivity contribution in [1.82, 2.24) is 5.06 Å². The van der Waals surface area contributed by atoms with Gasteiger partial charge in [0.2, 0.25) is 0 Å². The number of amides is 2. The lowest BCUT2D eigenvalue weighted by molar-refractivity contribution is -0.144. The molecule has 0 unspecified atom stereocenters. The van der Waals surface area contributed by atoms with Crippen molar-refractivity contribution in [2.45, 2.75) is 39.0 Å². The zero-order chi connectivity index (χ0) is 24.8. The normalized spacial score (nSPS) is 13.9. The second-order valence-corrected chi connectivity index (χ2v) is 10.3. The Labute approximate surface area is 197 Å². The number of ether oxygens (including phenoxy) is 1. The minimum Gasteiger partial charge on any atom is -0.426 e. The molecule has 176 valence electrons. The highest BCUT2D eigenvalue weighted by molar-refractivity contribution is 7.86. The molecule has 34 heavy (non-hydrogen) atoms. The maximum atomic E-state index is 13.2. The summed E-state index contributed by atoms with van der Waals surface area (Å²) < 4.78 is 36.1. The van der Waals surface area contributed by atoms with Gasteiger partial charge in [0.25, 0.3) is 11.8 Å². The van der Waals surface area contributed by atoms with Gasteiger partial charge in [-0.2, -0.15) is 8.42 Å². The van der Waals surface area contributed by atoms with Gasteiger partial charge >= 0.3 is 16.1 Å². The van der Waals surface area contributed by atoms with E-state index in [1.807, 2.05) is 6.92 Å². The van der Waals surface area contributed by atoms with Crippen LogP contribution in [-0.4, -0.2) is 31.3 Å². The molecular formula is C25H23NO7S. The smallest absolute Gasteiger partial charge is 0.318 e. The molecule has 0 aromatic heterocycles. The van der Waals surface area contributed by atoms with E-state index in [2.05, 4.69) is 0 Å². The third-order valence-electron chi connectivity index (χ3n) is 5.91. The minimum absolute atomic E-state index is 0.0103. The Morgan fingerprint density at radius 1 is 0.971 bits per heavy atom. The summed E-state index contributed by atoms with van der Waals surface area (Å²) in [7, 11) is -4.47. The molecule has 1 aliphatic rings. The van der Waals surface area contributed by atoms with E-state index in [-0.39, 0.29) is 26.8 Å². The van der Waals surface area contributed by atoms with Crippen molar-refractivity contribution in [2.24, 2.45) is 5.41 Å². The Balaban J connectivity index is 1.76. The molecule has 9 heteroatoms. The molecule has 1 aliphatic heterocycles. The molecule has 8 nitrogen and oxygen atoms in total. The van der Waals surface area contributed by atoms with Gasteiger partial charge in [0.1, 0.15) is 5.75 Å². The number of hydroxylamine groups is 2.